The molecule has 21 heavy (non-hydrogen) atoms. The Labute approximate surface area is 126 Å². The number of rotatable bonds is 7. The summed E-state index contributed by atoms with van der Waals surface area (Å²) >= 11 is 0. The van der Waals surface area contributed by atoms with Crippen LogP contribution in [-0.2, 0) is 19.6 Å². The van der Waals surface area contributed by atoms with Gasteiger partial charge in [-0.1, -0.05) is 0 Å². The van der Waals surface area contributed by atoms with Gasteiger partial charge < -0.3 is 10.2 Å². The fourth-order valence-corrected chi connectivity index (χ4v) is 2.93. The van der Waals surface area contributed by atoms with E-state index in [0.29, 0.717) is 32.5 Å². The normalized spacial score (nSPS) is 19.3. The molecule has 1 rings (SSSR count). The van der Waals surface area contributed by atoms with Gasteiger partial charge in [0.25, 0.3) is 0 Å². The summed E-state index contributed by atoms with van der Waals surface area (Å²) in [7, 11) is -3.18. The summed E-state index contributed by atoms with van der Waals surface area (Å²) in [6.45, 7) is 3.67. The number of nitrogens with zero attached hydrogens (tertiary/aromatic N) is 1. The number of carbonyl (C=O) groups excluding carboxylic acids is 2. The summed E-state index contributed by atoms with van der Waals surface area (Å²) in [6.07, 6.45) is 4.00. The van der Waals surface area contributed by atoms with E-state index in [-0.39, 0.29) is 17.7 Å². The molecule has 0 bridgehead atoms. The first-order valence-corrected chi connectivity index (χ1v) is 9.14. The number of amides is 2. The fraction of sp³-hybridized carbons (Fsp3) is 0.846. The Morgan fingerprint density at radius 2 is 2.05 bits per heavy atom. The Balaban J connectivity index is 2.30. The average Bonchev–Trinajstić information content (AvgIpc) is 2.40. The monoisotopic (exact) mass is 319 g/mol. The first-order chi connectivity index (χ1) is 9.78. The van der Waals surface area contributed by atoms with Crippen LogP contribution in [0.25, 0.3) is 0 Å². The van der Waals surface area contributed by atoms with Crippen LogP contribution >= 0.6 is 0 Å². The molecule has 7 nitrogen and oxygen atoms in total. The third kappa shape index (κ3) is 8.01. The molecule has 8 heteroatoms. The summed E-state index contributed by atoms with van der Waals surface area (Å²) in [6, 6.07) is 0. The molecule has 0 spiro atoms. The highest BCUT2D eigenvalue weighted by molar-refractivity contribution is 7.88. The minimum Gasteiger partial charge on any atom is -0.356 e. The van der Waals surface area contributed by atoms with Crippen molar-refractivity contribution >= 4 is 21.8 Å². The fourth-order valence-electron chi connectivity index (χ4n) is 2.39. The standard InChI is InChI=1S/C13H25N3O4S/c1-11(17)14-7-3-6-13(18)16-8-4-5-12(10-16)9-15-21(2,19)20/h12,15H,3-10H2,1-2H3,(H,14,17)/t12-/m0/s1. The molecular weight excluding hydrogens is 294 g/mol. The van der Waals surface area contributed by atoms with Crippen LogP contribution < -0.4 is 10.0 Å². The van der Waals surface area contributed by atoms with Crippen molar-refractivity contribution < 1.29 is 18.0 Å². The van der Waals surface area contributed by atoms with Gasteiger partial charge in [-0.2, -0.15) is 0 Å². The van der Waals surface area contributed by atoms with E-state index in [1.165, 1.54) is 6.92 Å². The zero-order valence-electron chi connectivity index (χ0n) is 12.7. The number of carbonyl (C=O) groups is 2. The molecule has 0 radical (unpaired) electrons. The van der Waals surface area contributed by atoms with Gasteiger partial charge in [-0.05, 0) is 25.2 Å². The maximum atomic E-state index is 12.1. The maximum absolute atomic E-state index is 12.1. The highest BCUT2D eigenvalue weighted by Gasteiger charge is 2.23. The summed E-state index contributed by atoms with van der Waals surface area (Å²) in [5, 5.41) is 2.66. The largest absolute Gasteiger partial charge is 0.356 e. The summed E-state index contributed by atoms with van der Waals surface area (Å²) in [5.41, 5.74) is 0. The topological polar surface area (TPSA) is 95.6 Å². The zero-order chi connectivity index (χ0) is 15.9. The van der Waals surface area contributed by atoms with E-state index in [4.69, 9.17) is 0 Å². The number of piperidine rings is 1. The van der Waals surface area contributed by atoms with E-state index in [0.717, 1.165) is 25.6 Å². The van der Waals surface area contributed by atoms with Gasteiger partial charge in [-0.15, -0.1) is 0 Å². The zero-order valence-corrected chi connectivity index (χ0v) is 13.5. The Kier molecular flexibility index (Phi) is 7.10. The molecule has 0 unspecified atom stereocenters. The maximum Gasteiger partial charge on any atom is 0.222 e. The number of nitrogens with one attached hydrogen (secondary N) is 2. The van der Waals surface area contributed by atoms with Gasteiger partial charge in [0.2, 0.25) is 21.8 Å². The molecule has 1 saturated heterocycles. The van der Waals surface area contributed by atoms with Crippen molar-refractivity contribution in [2.45, 2.75) is 32.6 Å². The molecule has 1 aliphatic rings. The Hall–Kier alpha value is -1.15. The molecule has 0 aromatic carbocycles. The SMILES string of the molecule is CC(=O)NCCCC(=O)N1CCC[C@@H](CNS(C)(=O)=O)C1. The predicted molar refractivity (Wildman–Crippen MR) is 80.1 cm³/mol. The lowest BCUT2D eigenvalue weighted by atomic mass is 9.98. The van der Waals surface area contributed by atoms with E-state index in [1.807, 2.05) is 0 Å². The number of likely N-dealkylation sites (tertiary alicyclic amines) is 1. The predicted octanol–water partition coefficient (Wildman–Crippen LogP) is -0.309. The smallest absolute Gasteiger partial charge is 0.222 e. The molecule has 1 aliphatic heterocycles. The molecule has 2 amide bonds. The summed E-state index contributed by atoms with van der Waals surface area (Å²) in [5.74, 6) is 0.157. The highest BCUT2D eigenvalue weighted by Crippen LogP contribution is 2.17. The number of sulfonamides is 1. The van der Waals surface area contributed by atoms with Crippen molar-refractivity contribution in [1.29, 1.82) is 0 Å². The Bertz CT molecular complexity index is 464. The van der Waals surface area contributed by atoms with Gasteiger partial charge in [0.05, 0.1) is 6.26 Å². The van der Waals surface area contributed by atoms with Crippen LogP contribution in [0.4, 0.5) is 0 Å². The van der Waals surface area contributed by atoms with Crippen molar-refractivity contribution in [2.75, 3.05) is 32.4 Å². The Morgan fingerprint density at radius 1 is 1.33 bits per heavy atom. The first-order valence-electron chi connectivity index (χ1n) is 7.25. The molecule has 1 atom stereocenters. The van der Waals surface area contributed by atoms with Gasteiger partial charge in [-0.25, -0.2) is 13.1 Å². The highest BCUT2D eigenvalue weighted by atomic mass is 32.2. The van der Waals surface area contributed by atoms with E-state index < -0.39 is 10.0 Å². The Morgan fingerprint density at radius 3 is 2.67 bits per heavy atom. The molecule has 0 aromatic rings. The van der Waals surface area contributed by atoms with Crippen LogP contribution in [0.3, 0.4) is 0 Å². The van der Waals surface area contributed by atoms with Crippen molar-refractivity contribution in [1.82, 2.24) is 14.9 Å². The van der Waals surface area contributed by atoms with Crippen LogP contribution in [0.15, 0.2) is 0 Å². The van der Waals surface area contributed by atoms with Gasteiger partial charge in [0.1, 0.15) is 0 Å². The molecule has 1 heterocycles. The van der Waals surface area contributed by atoms with Crippen LogP contribution in [0.5, 0.6) is 0 Å². The minimum atomic E-state index is -3.18. The lowest BCUT2D eigenvalue weighted by Crippen LogP contribution is -2.43. The summed E-state index contributed by atoms with van der Waals surface area (Å²) in [4.78, 5) is 24.6. The van der Waals surface area contributed by atoms with Crippen LogP contribution in [0.1, 0.15) is 32.6 Å². The minimum absolute atomic E-state index is 0.0735. The molecular formula is C13H25N3O4S. The third-order valence-corrected chi connectivity index (χ3v) is 4.14. The van der Waals surface area contributed by atoms with Crippen LogP contribution in [0.2, 0.25) is 0 Å². The quantitative estimate of drug-likeness (QED) is 0.629. The summed E-state index contributed by atoms with van der Waals surface area (Å²) < 4.78 is 24.7. The third-order valence-electron chi connectivity index (χ3n) is 3.45. The molecule has 122 valence electrons. The second-order valence-electron chi connectivity index (χ2n) is 5.56. The van der Waals surface area contributed by atoms with Crippen LogP contribution in [0, 0.1) is 5.92 Å². The first kappa shape index (κ1) is 17.9. The van der Waals surface area contributed by atoms with Gasteiger partial charge >= 0.3 is 0 Å². The lowest BCUT2D eigenvalue weighted by Gasteiger charge is -2.32. The van der Waals surface area contributed by atoms with Crippen LogP contribution in [-0.4, -0.2) is 57.6 Å². The molecule has 0 aliphatic carbocycles. The number of hydrogen-bond acceptors (Lipinski definition) is 4. The van der Waals surface area contributed by atoms with Gasteiger partial charge in [0.15, 0.2) is 0 Å². The lowest BCUT2D eigenvalue weighted by molar-refractivity contribution is -0.133. The molecule has 1 fully saturated rings. The van der Waals surface area contributed by atoms with E-state index in [2.05, 4.69) is 10.0 Å². The second kappa shape index (κ2) is 8.33. The molecule has 2 N–H and O–H groups in total. The van der Waals surface area contributed by atoms with E-state index in [9.17, 15) is 18.0 Å². The van der Waals surface area contributed by atoms with Crippen molar-refractivity contribution in [3.63, 3.8) is 0 Å². The van der Waals surface area contributed by atoms with Crippen molar-refractivity contribution in [3.8, 4) is 0 Å². The van der Waals surface area contributed by atoms with E-state index in [1.54, 1.807) is 4.90 Å². The van der Waals surface area contributed by atoms with E-state index >= 15 is 0 Å². The average molecular weight is 319 g/mol. The van der Waals surface area contributed by atoms with Gasteiger partial charge in [0, 0.05) is 39.5 Å². The van der Waals surface area contributed by atoms with Gasteiger partial charge in [-0.3, -0.25) is 9.59 Å². The molecule has 0 saturated carbocycles. The molecule has 0 aromatic heterocycles. The van der Waals surface area contributed by atoms with Crippen molar-refractivity contribution in [2.24, 2.45) is 5.92 Å². The second-order valence-corrected chi connectivity index (χ2v) is 7.39. The van der Waals surface area contributed by atoms with Crippen molar-refractivity contribution in [3.05, 3.63) is 0 Å². The number of hydrogen-bond donors (Lipinski definition) is 2.